The van der Waals surface area contributed by atoms with Gasteiger partial charge >= 0.3 is 0 Å². The van der Waals surface area contributed by atoms with Gasteiger partial charge in [-0.1, -0.05) is 19.1 Å². The molecule has 3 aromatic rings. The maximum atomic E-state index is 6.04. The Kier molecular flexibility index (Phi) is 4.97. The lowest BCUT2D eigenvalue weighted by Crippen LogP contribution is -2.31. The summed E-state index contributed by atoms with van der Waals surface area (Å²) in [5.41, 5.74) is 7.17. The fourth-order valence-corrected chi connectivity index (χ4v) is 4.13. The van der Waals surface area contributed by atoms with Crippen LogP contribution in [0, 0.1) is 5.41 Å². The molecule has 0 radical (unpaired) electrons. The fraction of sp³-hybridized carbons (Fsp3) is 0.389. The SMILES string of the molecule is CC1(CN)CCN(Cc2ccc(-c3nc4ccccc4s3)o2)C1.Cl. The average Bonchev–Trinajstić information content (AvgIpc) is 3.26. The van der Waals surface area contributed by atoms with Gasteiger partial charge in [0.05, 0.1) is 16.8 Å². The lowest BCUT2D eigenvalue weighted by molar-refractivity contribution is 0.257. The van der Waals surface area contributed by atoms with E-state index in [9.17, 15) is 0 Å². The molecule has 0 amide bonds. The molecule has 24 heavy (non-hydrogen) atoms. The highest BCUT2D eigenvalue weighted by atomic mass is 35.5. The van der Waals surface area contributed by atoms with Crippen molar-refractivity contribution < 1.29 is 4.42 Å². The van der Waals surface area contributed by atoms with Crippen molar-refractivity contribution in [2.24, 2.45) is 11.1 Å². The van der Waals surface area contributed by atoms with Crippen molar-refractivity contribution in [3.8, 4) is 10.8 Å². The smallest absolute Gasteiger partial charge is 0.163 e. The molecule has 6 heteroatoms. The summed E-state index contributed by atoms with van der Waals surface area (Å²) >= 11 is 1.67. The van der Waals surface area contributed by atoms with Crippen LogP contribution in [0.2, 0.25) is 0 Å². The van der Waals surface area contributed by atoms with E-state index < -0.39 is 0 Å². The van der Waals surface area contributed by atoms with E-state index >= 15 is 0 Å². The van der Waals surface area contributed by atoms with Crippen LogP contribution in [0.1, 0.15) is 19.1 Å². The number of likely N-dealkylation sites (tertiary alicyclic amines) is 1. The monoisotopic (exact) mass is 363 g/mol. The molecule has 4 nitrogen and oxygen atoms in total. The van der Waals surface area contributed by atoms with Crippen LogP contribution in [0.5, 0.6) is 0 Å². The number of nitrogens with two attached hydrogens (primary N) is 1. The third kappa shape index (κ3) is 3.35. The van der Waals surface area contributed by atoms with Crippen LogP contribution in [0.25, 0.3) is 21.0 Å². The molecule has 4 rings (SSSR count). The van der Waals surface area contributed by atoms with Crippen LogP contribution in [0.4, 0.5) is 0 Å². The van der Waals surface area contributed by atoms with Crippen molar-refractivity contribution in [3.63, 3.8) is 0 Å². The third-order valence-corrected chi connectivity index (χ3v) is 5.73. The van der Waals surface area contributed by atoms with Gasteiger partial charge in [0.1, 0.15) is 5.76 Å². The lowest BCUT2D eigenvalue weighted by Gasteiger charge is -2.21. The molecular weight excluding hydrogens is 342 g/mol. The zero-order valence-corrected chi connectivity index (χ0v) is 15.3. The maximum Gasteiger partial charge on any atom is 0.163 e. The summed E-state index contributed by atoms with van der Waals surface area (Å²) in [6.45, 7) is 5.99. The van der Waals surface area contributed by atoms with E-state index in [4.69, 9.17) is 10.2 Å². The molecule has 0 bridgehead atoms. The number of hydrogen-bond donors (Lipinski definition) is 1. The van der Waals surface area contributed by atoms with Gasteiger partial charge in [-0.25, -0.2) is 4.98 Å². The van der Waals surface area contributed by atoms with Crippen molar-refractivity contribution in [2.45, 2.75) is 19.9 Å². The topological polar surface area (TPSA) is 55.3 Å². The number of thiazole rings is 1. The molecule has 2 aromatic heterocycles. The van der Waals surface area contributed by atoms with Gasteiger partial charge in [0.25, 0.3) is 0 Å². The van der Waals surface area contributed by atoms with Crippen molar-refractivity contribution >= 4 is 34.0 Å². The molecule has 3 heterocycles. The molecule has 1 fully saturated rings. The predicted octanol–water partition coefficient (Wildman–Crippen LogP) is 4.15. The number of halogens is 1. The summed E-state index contributed by atoms with van der Waals surface area (Å²) < 4.78 is 7.23. The summed E-state index contributed by atoms with van der Waals surface area (Å²) in [6.07, 6.45) is 1.16. The normalized spacial score (nSPS) is 21.2. The molecule has 1 saturated heterocycles. The number of nitrogens with zero attached hydrogens (tertiary/aromatic N) is 2. The van der Waals surface area contributed by atoms with E-state index in [0.717, 1.165) is 54.6 Å². The third-order valence-electron chi connectivity index (χ3n) is 4.68. The molecule has 1 aromatic carbocycles. The molecule has 0 aliphatic carbocycles. The van der Waals surface area contributed by atoms with Gasteiger partial charge in [-0.3, -0.25) is 4.90 Å². The van der Waals surface area contributed by atoms with E-state index in [-0.39, 0.29) is 17.8 Å². The summed E-state index contributed by atoms with van der Waals surface area (Å²) in [5.74, 6) is 1.86. The fourth-order valence-electron chi connectivity index (χ4n) is 3.20. The highest BCUT2D eigenvalue weighted by molar-refractivity contribution is 7.21. The predicted molar refractivity (Wildman–Crippen MR) is 102 cm³/mol. The minimum absolute atomic E-state index is 0. The largest absolute Gasteiger partial charge is 0.457 e. The summed E-state index contributed by atoms with van der Waals surface area (Å²) in [4.78, 5) is 7.08. The molecule has 1 aliphatic rings. The number of hydrogen-bond acceptors (Lipinski definition) is 5. The molecule has 1 atom stereocenters. The van der Waals surface area contributed by atoms with Crippen molar-refractivity contribution in [3.05, 3.63) is 42.2 Å². The molecule has 1 aliphatic heterocycles. The molecule has 128 valence electrons. The van der Waals surface area contributed by atoms with Gasteiger partial charge in [0.15, 0.2) is 10.8 Å². The summed E-state index contributed by atoms with van der Waals surface area (Å²) in [6, 6.07) is 12.3. The standard InChI is InChI=1S/C18H21N3OS.ClH/c1-18(11-19)8-9-21(12-18)10-13-6-7-15(22-13)17-20-14-4-2-3-5-16(14)23-17;/h2-7H,8-12,19H2,1H3;1H. The minimum atomic E-state index is 0. The molecular formula is C18H22ClN3OS. The Morgan fingerprint density at radius 2 is 2.12 bits per heavy atom. The first-order valence-electron chi connectivity index (χ1n) is 8.02. The van der Waals surface area contributed by atoms with E-state index in [1.54, 1.807) is 11.3 Å². The Morgan fingerprint density at radius 1 is 1.29 bits per heavy atom. The Labute approximate surface area is 152 Å². The number of para-hydroxylation sites is 1. The van der Waals surface area contributed by atoms with Crippen LogP contribution in [-0.4, -0.2) is 29.5 Å². The molecule has 1 unspecified atom stereocenters. The average molecular weight is 364 g/mol. The molecule has 2 N–H and O–H groups in total. The maximum absolute atomic E-state index is 6.04. The quantitative estimate of drug-likeness (QED) is 0.756. The van der Waals surface area contributed by atoms with E-state index in [2.05, 4.69) is 28.9 Å². The van der Waals surface area contributed by atoms with E-state index in [0.29, 0.717) is 0 Å². The first-order chi connectivity index (χ1) is 11.1. The van der Waals surface area contributed by atoms with E-state index in [1.165, 1.54) is 4.70 Å². The summed E-state index contributed by atoms with van der Waals surface area (Å²) in [5, 5.41) is 0.950. The van der Waals surface area contributed by atoms with Crippen molar-refractivity contribution in [1.82, 2.24) is 9.88 Å². The highest BCUT2D eigenvalue weighted by Crippen LogP contribution is 2.33. The first kappa shape index (κ1) is 17.4. The second-order valence-electron chi connectivity index (χ2n) is 6.73. The first-order valence-corrected chi connectivity index (χ1v) is 8.84. The van der Waals surface area contributed by atoms with Gasteiger partial charge in [-0.2, -0.15) is 0 Å². The van der Waals surface area contributed by atoms with Crippen LogP contribution in [0.15, 0.2) is 40.8 Å². The van der Waals surface area contributed by atoms with Gasteiger partial charge < -0.3 is 10.2 Å². The molecule has 0 spiro atoms. The van der Waals surface area contributed by atoms with Crippen LogP contribution < -0.4 is 5.73 Å². The van der Waals surface area contributed by atoms with E-state index in [1.807, 2.05) is 24.3 Å². The van der Waals surface area contributed by atoms with Gasteiger partial charge in [0, 0.05) is 6.54 Å². The second-order valence-corrected chi connectivity index (χ2v) is 7.76. The Bertz CT molecular complexity index is 797. The number of fused-ring (bicyclic) bond motifs is 1. The lowest BCUT2D eigenvalue weighted by atomic mass is 9.90. The zero-order chi connectivity index (χ0) is 15.9. The van der Waals surface area contributed by atoms with Crippen LogP contribution >= 0.6 is 23.7 Å². The van der Waals surface area contributed by atoms with Crippen LogP contribution in [-0.2, 0) is 6.54 Å². The number of benzene rings is 1. The Hall–Kier alpha value is -1.40. The van der Waals surface area contributed by atoms with Crippen molar-refractivity contribution in [1.29, 1.82) is 0 Å². The van der Waals surface area contributed by atoms with Gasteiger partial charge in [-0.15, -0.1) is 23.7 Å². The zero-order valence-electron chi connectivity index (χ0n) is 13.7. The number of rotatable bonds is 4. The summed E-state index contributed by atoms with van der Waals surface area (Å²) in [7, 11) is 0. The van der Waals surface area contributed by atoms with Crippen molar-refractivity contribution in [2.75, 3.05) is 19.6 Å². The minimum Gasteiger partial charge on any atom is -0.457 e. The van der Waals surface area contributed by atoms with Gasteiger partial charge in [0.2, 0.25) is 0 Å². The number of furan rings is 1. The van der Waals surface area contributed by atoms with Crippen LogP contribution in [0.3, 0.4) is 0 Å². The molecule has 0 saturated carbocycles. The van der Waals surface area contributed by atoms with Gasteiger partial charge in [-0.05, 0) is 49.2 Å². The number of aromatic nitrogens is 1. The Morgan fingerprint density at radius 3 is 2.88 bits per heavy atom. The highest BCUT2D eigenvalue weighted by Gasteiger charge is 2.32. The Balaban J connectivity index is 0.00000169. The second kappa shape index (κ2) is 6.84.